The second-order valence-electron chi connectivity index (χ2n) is 5.25. The number of benzene rings is 1. The molecule has 1 fully saturated rings. The van der Waals surface area contributed by atoms with Crippen LogP contribution in [-0.4, -0.2) is 22.6 Å². The maximum Gasteiger partial charge on any atom is 0.114 e. The summed E-state index contributed by atoms with van der Waals surface area (Å²) >= 11 is 0. The van der Waals surface area contributed by atoms with Crippen LogP contribution in [0.1, 0.15) is 37.1 Å². The average Bonchev–Trinajstić information content (AvgIpc) is 2.77. The Morgan fingerprint density at radius 2 is 2.33 bits per heavy atom. The van der Waals surface area contributed by atoms with Crippen molar-refractivity contribution < 1.29 is 0 Å². The number of hydrogen-bond donors (Lipinski definition) is 1. The summed E-state index contributed by atoms with van der Waals surface area (Å²) in [5.41, 5.74) is 3.72. The Morgan fingerprint density at radius 3 is 3.06 bits per heavy atom. The summed E-state index contributed by atoms with van der Waals surface area (Å²) in [5, 5.41) is 3.49. The van der Waals surface area contributed by atoms with Gasteiger partial charge < -0.3 is 9.88 Å². The van der Waals surface area contributed by atoms with E-state index in [1.807, 2.05) is 0 Å². The second kappa shape index (κ2) is 4.73. The van der Waals surface area contributed by atoms with E-state index in [-0.39, 0.29) is 0 Å². The summed E-state index contributed by atoms with van der Waals surface area (Å²) in [5.74, 6) is 1.84. The van der Waals surface area contributed by atoms with Crippen molar-refractivity contribution in [1.29, 1.82) is 0 Å². The first-order valence-corrected chi connectivity index (χ1v) is 6.97. The number of piperidine rings is 1. The number of rotatable bonds is 2. The molecule has 0 spiro atoms. The molecule has 1 saturated heterocycles. The van der Waals surface area contributed by atoms with Crippen molar-refractivity contribution in [2.45, 2.75) is 39.2 Å². The fraction of sp³-hybridized carbons (Fsp3) is 0.533. The fourth-order valence-corrected chi connectivity index (χ4v) is 2.97. The van der Waals surface area contributed by atoms with E-state index < -0.39 is 0 Å². The normalized spacial score (nSPS) is 20.4. The first-order chi connectivity index (χ1) is 8.79. The van der Waals surface area contributed by atoms with E-state index in [1.165, 1.54) is 29.7 Å². The van der Waals surface area contributed by atoms with Gasteiger partial charge in [-0.3, -0.25) is 0 Å². The van der Waals surface area contributed by atoms with Crippen LogP contribution in [-0.2, 0) is 6.54 Å². The van der Waals surface area contributed by atoms with Gasteiger partial charge in [0.15, 0.2) is 0 Å². The lowest BCUT2D eigenvalue weighted by Crippen LogP contribution is -2.30. The zero-order valence-electron chi connectivity index (χ0n) is 11.2. The van der Waals surface area contributed by atoms with Crippen LogP contribution in [0.25, 0.3) is 11.0 Å². The van der Waals surface area contributed by atoms with Crippen LogP contribution in [0, 0.1) is 6.92 Å². The molecule has 0 saturated carbocycles. The highest BCUT2D eigenvalue weighted by Crippen LogP contribution is 2.27. The van der Waals surface area contributed by atoms with Gasteiger partial charge >= 0.3 is 0 Å². The van der Waals surface area contributed by atoms with Gasteiger partial charge in [-0.1, -0.05) is 6.07 Å². The molecule has 3 rings (SSSR count). The van der Waals surface area contributed by atoms with Gasteiger partial charge in [0.2, 0.25) is 0 Å². The van der Waals surface area contributed by atoms with Crippen LogP contribution >= 0.6 is 0 Å². The molecule has 1 aliphatic rings. The van der Waals surface area contributed by atoms with E-state index in [9.17, 15) is 0 Å². The van der Waals surface area contributed by atoms with Gasteiger partial charge in [0.05, 0.1) is 11.0 Å². The minimum absolute atomic E-state index is 0.575. The van der Waals surface area contributed by atoms with Crippen molar-refractivity contribution in [1.82, 2.24) is 14.9 Å². The molecule has 3 heteroatoms. The molecule has 1 aromatic heterocycles. The molecule has 18 heavy (non-hydrogen) atoms. The largest absolute Gasteiger partial charge is 0.328 e. The first kappa shape index (κ1) is 11.7. The molecule has 0 amide bonds. The summed E-state index contributed by atoms with van der Waals surface area (Å²) in [6.45, 7) is 7.57. The molecule has 1 N–H and O–H groups in total. The Bertz CT molecular complexity index is 550. The molecule has 0 aliphatic carbocycles. The highest BCUT2D eigenvalue weighted by Gasteiger charge is 2.21. The molecule has 2 aromatic rings. The summed E-state index contributed by atoms with van der Waals surface area (Å²) < 4.78 is 2.38. The zero-order valence-corrected chi connectivity index (χ0v) is 11.2. The smallest absolute Gasteiger partial charge is 0.114 e. The minimum atomic E-state index is 0.575. The van der Waals surface area contributed by atoms with Gasteiger partial charge in [-0.05, 0) is 50.9 Å². The van der Waals surface area contributed by atoms with Crippen LogP contribution in [0.2, 0.25) is 0 Å². The minimum Gasteiger partial charge on any atom is -0.328 e. The number of aromatic nitrogens is 2. The Hall–Kier alpha value is -1.35. The van der Waals surface area contributed by atoms with E-state index >= 15 is 0 Å². The molecule has 1 atom stereocenters. The monoisotopic (exact) mass is 243 g/mol. The lowest BCUT2D eigenvalue weighted by Gasteiger charge is -2.22. The third-order valence-corrected chi connectivity index (χ3v) is 3.91. The Balaban J connectivity index is 2.09. The van der Waals surface area contributed by atoms with Gasteiger partial charge in [-0.2, -0.15) is 0 Å². The van der Waals surface area contributed by atoms with Crippen molar-refractivity contribution in [3.63, 3.8) is 0 Å². The predicted octanol–water partition coefficient (Wildman–Crippen LogP) is 2.83. The number of imidazole rings is 1. The van der Waals surface area contributed by atoms with Crippen molar-refractivity contribution in [2.75, 3.05) is 13.1 Å². The van der Waals surface area contributed by atoms with Gasteiger partial charge in [0.1, 0.15) is 5.82 Å². The van der Waals surface area contributed by atoms with Crippen molar-refractivity contribution in [2.24, 2.45) is 0 Å². The van der Waals surface area contributed by atoms with Crippen molar-refractivity contribution in [3.8, 4) is 0 Å². The van der Waals surface area contributed by atoms with Crippen LogP contribution in [0.4, 0.5) is 0 Å². The molecular weight excluding hydrogens is 222 g/mol. The van der Waals surface area contributed by atoms with E-state index in [4.69, 9.17) is 4.98 Å². The highest BCUT2D eigenvalue weighted by atomic mass is 15.1. The molecule has 1 aromatic carbocycles. The summed E-state index contributed by atoms with van der Waals surface area (Å²) in [7, 11) is 0. The number of hydrogen-bond acceptors (Lipinski definition) is 2. The van der Waals surface area contributed by atoms with E-state index in [0.29, 0.717) is 5.92 Å². The summed E-state index contributed by atoms with van der Waals surface area (Å²) in [6.07, 6.45) is 2.52. The Kier molecular flexibility index (Phi) is 3.08. The van der Waals surface area contributed by atoms with Crippen molar-refractivity contribution in [3.05, 3.63) is 29.6 Å². The van der Waals surface area contributed by atoms with Crippen LogP contribution in [0.5, 0.6) is 0 Å². The molecule has 2 heterocycles. The first-order valence-electron chi connectivity index (χ1n) is 6.97. The molecule has 3 nitrogen and oxygen atoms in total. The number of nitrogens with zero attached hydrogens (tertiary/aromatic N) is 2. The second-order valence-corrected chi connectivity index (χ2v) is 5.25. The van der Waals surface area contributed by atoms with Gasteiger partial charge in [-0.25, -0.2) is 4.98 Å². The number of nitrogens with one attached hydrogen (secondary N) is 1. The van der Waals surface area contributed by atoms with Gasteiger partial charge in [0.25, 0.3) is 0 Å². The van der Waals surface area contributed by atoms with E-state index in [0.717, 1.165) is 25.2 Å². The SMILES string of the molecule is CCn1c(C2CCCNC2)nc2cc(C)ccc21. The zero-order chi connectivity index (χ0) is 12.5. The molecule has 1 aliphatic heterocycles. The molecule has 96 valence electrons. The maximum absolute atomic E-state index is 4.89. The summed E-state index contributed by atoms with van der Waals surface area (Å²) in [6, 6.07) is 6.58. The van der Waals surface area contributed by atoms with Crippen LogP contribution < -0.4 is 5.32 Å². The number of aryl methyl sites for hydroxylation is 2. The molecule has 0 radical (unpaired) electrons. The van der Waals surface area contributed by atoms with Crippen LogP contribution in [0.15, 0.2) is 18.2 Å². The fourth-order valence-electron chi connectivity index (χ4n) is 2.97. The standard InChI is InChI=1S/C15H21N3/c1-3-18-14-7-6-11(2)9-13(14)17-15(18)12-5-4-8-16-10-12/h6-7,9,12,16H,3-5,8,10H2,1-2H3. The lowest BCUT2D eigenvalue weighted by atomic mass is 9.99. The third kappa shape index (κ3) is 1.93. The van der Waals surface area contributed by atoms with Crippen LogP contribution in [0.3, 0.4) is 0 Å². The van der Waals surface area contributed by atoms with Gasteiger partial charge in [0, 0.05) is 19.0 Å². The topological polar surface area (TPSA) is 29.9 Å². The summed E-state index contributed by atoms with van der Waals surface area (Å²) in [4.78, 5) is 4.89. The highest BCUT2D eigenvalue weighted by molar-refractivity contribution is 5.77. The Morgan fingerprint density at radius 1 is 1.44 bits per heavy atom. The molecular formula is C15H21N3. The third-order valence-electron chi connectivity index (χ3n) is 3.91. The maximum atomic E-state index is 4.89. The Labute approximate surface area is 108 Å². The van der Waals surface area contributed by atoms with Gasteiger partial charge in [-0.15, -0.1) is 0 Å². The van der Waals surface area contributed by atoms with Crippen molar-refractivity contribution >= 4 is 11.0 Å². The predicted molar refractivity (Wildman–Crippen MR) is 75.0 cm³/mol. The quantitative estimate of drug-likeness (QED) is 0.879. The molecule has 1 unspecified atom stereocenters. The number of fused-ring (bicyclic) bond motifs is 1. The average molecular weight is 243 g/mol. The lowest BCUT2D eigenvalue weighted by molar-refractivity contribution is 0.436. The molecule has 0 bridgehead atoms. The van der Waals surface area contributed by atoms with E-state index in [1.54, 1.807) is 0 Å². The van der Waals surface area contributed by atoms with E-state index in [2.05, 4.69) is 41.9 Å².